The summed E-state index contributed by atoms with van der Waals surface area (Å²) in [6, 6.07) is 1.99. The van der Waals surface area contributed by atoms with Gasteiger partial charge in [-0.2, -0.15) is 0 Å². The van der Waals surface area contributed by atoms with Crippen LogP contribution in [0.3, 0.4) is 0 Å². The molecule has 0 aliphatic carbocycles. The highest BCUT2D eigenvalue weighted by Gasteiger charge is 2.16. The largest absolute Gasteiger partial charge is 0.493 e. The van der Waals surface area contributed by atoms with Gasteiger partial charge in [-0.3, -0.25) is 0 Å². The van der Waals surface area contributed by atoms with Crippen molar-refractivity contribution >= 4 is 5.82 Å². The van der Waals surface area contributed by atoms with Crippen LogP contribution in [0.15, 0.2) is 6.07 Å². The molecule has 0 radical (unpaired) electrons. The predicted octanol–water partition coefficient (Wildman–Crippen LogP) is 0.660. The van der Waals surface area contributed by atoms with Gasteiger partial charge >= 0.3 is 0 Å². The average Bonchev–Trinajstić information content (AvgIpc) is 2.17. The predicted molar refractivity (Wildman–Crippen MR) is 55.2 cm³/mol. The van der Waals surface area contributed by atoms with Crippen LogP contribution in [0.5, 0.6) is 5.75 Å². The minimum Gasteiger partial charge on any atom is -0.493 e. The van der Waals surface area contributed by atoms with Gasteiger partial charge in [0.05, 0.1) is 7.11 Å². The number of nitrogens with two attached hydrogens (primary N) is 1. The van der Waals surface area contributed by atoms with E-state index in [1.165, 1.54) is 5.56 Å². The number of pyridine rings is 1. The first-order valence-corrected chi connectivity index (χ1v) is 4.71. The lowest BCUT2D eigenvalue weighted by Crippen LogP contribution is -2.27. The van der Waals surface area contributed by atoms with Gasteiger partial charge in [0.1, 0.15) is 0 Å². The van der Waals surface area contributed by atoms with Crippen LogP contribution in [0.1, 0.15) is 11.3 Å². The maximum atomic E-state index is 5.74. The molecule has 0 spiro atoms. The number of hydrogen-bond acceptors (Lipinski definition) is 4. The van der Waals surface area contributed by atoms with Crippen LogP contribution in [0.25, 0.3) is 0 Å². The zero-order valence-electron chi connectivity index (χ0n) is 8.58. The number of likely N-dealkylation sites (N-methyl/N-ethyl adjacent to an activating group) is 1. The highest BCUT2D eigenvalue weighted by molar-refractivity contribution is 5.49. The maximum absolute atomic E-state index is 5.74. The Bertz CT molecular complexity index is 351. The second-order valence-electron chi connectivity index (χ2n) is 3.67. The Morgan fingerprint density at radius 2 is 2.36 bits per heavy atom. The highest BCUT2D eigenvalue weighted by atomic mass is 16.5. The molecule has 0 atom stereocenters. The first-order valence-electron chi connectivity index (χ1n) is 4.71. The van der Waals surface area contributed by atoms with E-state index in [2.05, 4.69) is 16.9 Å². The van der Waals surface area contributed by atoms with Crippen LogP contribution in [0.4, 0.5) is 5.82 Å². The molecule has 0 amide bonds. The Kier molecular flexibility index (Phi) is 2.29. The first-order chi connectivity index (χ1) is 6.70. The quantitative estimate of drug-likeness (QED) is 0.712. The lowest BCUT2D eigenvalue weighted by molar-refractivity contribution is 0.308. The van der Waals surface area contributed by atoms with Crippen LogP contribution in [0, 0.1) is 0 Å². The minimum atomic E-state index is 0.496. The van der Waals surface area contributed by atoms with Gasteiger partial charge in [-0.1, -0.05) is 0 Å². The Hall–Kier alpha value is -1.29. The molecule has 1 aromatic heterocycles. The van der Waals surface area contributed by atoms with Gasteiger partial charge in [-0.15, -0.1) is 0 Å². The molecule has 2 rings (SSSR count). The fourth-order valence-corrected chi connectivity index (χ4v) is 1.77. The molecule has 4 nitrogen and oxygen atoms in total. The summed E-state index contributed by atoms with van der Waals surface area (Å²) in [5.41, 5.74) is 8.08. The number of nitrogens with zero attached hydrogens (tertiary/aromatic N) is 2. The van der Waals surface area contributed by atoms with E-state index in [0.717, 1.165) is 25.2 Å². The molecule has 0 unspecified atom stereocenters. The zero-order valence-corrected chi connectivity index (χ0v) is 8.58. The van der Waals surface area contributed by atoms with Crippen molar-refractivity contribution in [3.63, 3.8) is 0 Å². The monoisotopic (exact) mass is 193 g/mol. The molecular formula is C10H15N3O. The van der Waals surface area contributed by atoms with Crippen LogP contribution >= 0.6 is 0 Å². The van der Waals surface area contributed by atoms with E-state index >= 15 is 0 Å². The topological polar surface area (TPSA) is 51.4 Å². The Morgan fingerprint density at radius 3 is 3.07 bits per heavy atom. The van der Waals surface area contributed by atoms with Crippen molar-refractivity contribution in [3.05, 3.63) is 17.3 Å². The molecule has 0 saturated carbocycles. The molecule has 0 saturated heterocycles. The van der Waals surface area contributed by atoms with E-state index in [1.54, 1.807) is 7.11 Å². The summed E-state index contributed by atoms with van der Waals surface area (Å²) in [5.74, 6) is 1.18. The van der Waals surface area contributed by atoms with Gasteiger partial charge < -0.3 is 15.4 Å². The normalized spacial score (nSPS) is 16.4. The van der Waals surface area contributed by atoms with E-state index in [9.17, 15) is 0 Å². The molecule has 0 aromatic carbocycles. The van der Waals surface area contributed by atoms with Crippen molar-refractivity contribution in [2.24, 2.45) is 0 Å². The smallest absolute Gasteiger partial charge is 0.166 e. The van der Waals surface area contributed by atoms with Crippen LogP contribution in [-0.4, -0.2) is 30.6 Å². The van der Waals surface area contributed by atoms with Crippen molar-refractivity contribution in [3.8, 4) is 5.75 Å². The molecule has 4 heteroatoms. The maximum Gasteiger partial charge on any atom is 0.166 e. The zero-order chi connectivity index (χ0) is 10.1. The fraction of sp³-hybridized carbons (Fsp3) is 0.500. The number of anilines is 1. The Balaban J connectivity index is 2.41. The van der Waals surface area contributed by atoms with Gasteiger partial charge in [0.2, 0.25) is 0 Å². The number of rotatable bonds is 1. The second-order valence-corrected chi connectivity index (χ2v) is 3.67. The Labute approximate surface area is 83.7 Å². The summed E-state index contributed by atoms with van der Waals surface area (Å²) in [7, 11) is 3.72. The van der Waals surface area contributed by atoms with Gasteiger partial charge in [0.15, 0.2) is 11.6 Å². The lowest BCUT2D eigenvalue weighted by Gasteiger charge is -2.24. The standard InChI is InChI=1S/C10H15N3O/c1-13-4-3-8-7(6-13)5-9(14-2)10(11)12-8/h5H,3-4,6H2,1-2H3,(H2,11,12). The highest BCUT2D eigenvalue weighted by Crippen LogP contribution is 2.25. The molecular weight excluding hydrogens is 178 g/mol. The van der Waals surface area contributed by atoms with Crippen molar-refractivity contribution in [1.82, 2.24) is 9.88 Å². The molecule has 14 heavy (non-hydrogen) atoms. The molecule has 0 bridgehead atoms. The first kappa shape index (κ1) is 9.27. The van der Waals surface area contributed by atoms with E-state index < -0.39 is 0 Å². The van der Waals surface area contributed by atoms with Crippen molar-refractivity contribution < 1.29 is 4.74 Å². The number of aromatic nitrogens is 1. The summed E-state index contributed by atoms with van der Waals surface area (Å²) in [5, 5.41) is 0. The molecule has 0 fully saturated rings. The lowest BCUT2D eigenvalue weighted by atomic mass is 10.1. The molecule has 2 heterocycles. The van der Waals surface area contributed by atoms with E-state index in [0.29, 0.717) is 11.6 Å². The van der Waals surface area contributed by atoms with Gasteiger partial charge in [-0.05, 0) is 18.7 Å². The fourth-order valence-electron chi connectivity index (χ4n) is 1.77. The molecule has 1 aromatic rings. The number of ether oxygens (including phenoxy) is 1. The average molecular weight is 193 g/mol. The third-order valence-electron chi connectivity index (χ3n) is 2.57. The number of nitrogen functional groups attached to an aromatic ring is 1. The summed E-state index contributed by atoms with van der Waals surface area (Å²) < 4.78 is 5.14. The number of fused-ring (bicyclic) bond motifs is 1. The van der Waals surface area contributed by atoms with E-state index in [4.69, 9.17) is 10.5 Å². The van der Waals surface area contributed by atoms with E-state index in [1.807, 2.05) is 6.07 Å². The third-order valence-corrected chi connectivity index (χ3v) is 2.57. The molecule has 1 aliphatic heterocycles. The second kappa shape index (κ2) is 3.46. The van der Waals surface area contributed by atoms with Gasteiger partial charge in [-0.25, -0.2) is 4.98 Å². The van der Waals surface area contributed by atoms with Crippen molar-refractivity contribution in [2.75, 3.05) is 26.4 Å². The van der Waals surface area contributed by atoms with Crippen molar-refractivity contribution in [1.29, 1.82) is 0 Å². The van der Waals surface area contributed by atoms with Crippen LogP contribution < -0.4 is 10.5 Å². The Morgan fingerprint density at radius 1 is 1.57 bits per heavy atom. The molecule has 1 aliphatic rings. The third kappa shape index (κ3) is 1.53. The number of hydrogen-bond donors (Lipinski definition) is 1. The number of methoxy groups -OCH3 is 1. The molecule has 76 valence electrons. The van der Waals surface area contributed by atoms with Gasteiger partial charge in [0.25, 0.3) is 0 Å². The SMILES string of the molecule is COc1cc2c(nc1N)CCN(C)C2. The summed E-state index contributed by atoms with van der Waals surface area (Å²) >= 11 is 0. The van der Waals surface area contributed by atoms with Crippen LogP contribution in [0.2, 0.25) is 0 Å². The molecule has 2 N–H and O–H groups in total. The minimum absolute atomic E-state index is 0.496. The summed E-state index contributed by atoms with van der Waals surface area (Å²) in [4.78, 5) is 6.61. The summed E-state index contributed by atoms with van der Waals surface area (Å²) in [6.45, 7) is 1.98. The van der Waals surface area contributed by atoms with E-state index in [-0.39, 0.29) is 0 Å². The van der Waals surface area contributed by atoms with Gasteiger partial charge in [0, 0.05) is 25.2 Å². The van der Waals surface area contributed by atoms with Crippen LogP contribution in [-0.2, 0) is 13.0 Å². The van der Waals surface area contributed by atoms with Crippen molar-refractivity contribution in [2.45, 2.75) is 13.0 Å². The summed E-state index contributed by atoms with van der Waals surface area (Å²) in [6.07, 6.45) is 0.972.